The van der Waals surface area contributed by atoms with Gasteiger partial charge in [-0.05, 0) is 12.5 Å². The maximum absolute atomic E-state index is 14.0. The molecule has 0 fully saturated rings. The summed E-state index contributed by atoms with van der Waals surface area (Å²) in [7, 11) is 1.79. The molecule has 1 aromatic carbocycles. The van der Waals surface area contributed by atoms with Crippen molar-refractivity contribution in [1.29, 1.82) is 0 Å². The Bertz CT molecular complexity index is 581. The first-order valence-corrected chi connectivity index (χ1v) is 5.90. The molecule has 98 valence electrons. The summed E-state index contributed by atoms with van der Waals surface area (Å²) in [4.78, 5) is 0. The van der Waals surface area contributed by atoms with Gasteiger partial charge in [0.25, 0.3) is 0 Å². The van der Waals surface area contributed by atoms with Crippen LogP contribution >= 0.6 is 0 Å². The fourth-order valence-electron chi connectivity index (χ4n) is 2.27. The Morgan fingerprint density at radius 1 is 1.22 bits per heavy atom. The minimum atomic E-state index is -0.620. The molecule has 2 nitrogen and oxygen atoms in total. The SMILES string of the molecule is CNCc1oc2cc(F)cc(F)c2c1C(C)(C)C. The zero-order valence-corrected chi connectivity index (χ0v) is 11.0. The molecule has 0 bridgehead atoms. The molecule has 2 aromatic rings. The van der Waals surface area contributed by atoms with Gasteiger partial charge in [0.15, 0.2) is 0 Å². The van der Waals surface area contributed by atoms with Crippen LogP contribution in [0.25, 0.3) is 11.0 Å². The van der Waals surface area contributed by atoms with E-state index in [4.69, 9.17) is 4.42 Å². The average Bonchev–Trinajstić information content (AvgIpc) is 2.55. The van der Waals surface area contributed by atoms with E-state index in [9.17, 15) is 8.78 Å². The Hall–Kier alpha value is -1.42. The third-order valence-corrected chi connectivity index (χ3v) is 2.87. The topological polar surface area (TPSA) is 25.2 Å². The molecule has 0 aliphatic rings. The summed E-state index contributed by atoms with van der Waals surface area (Å²) >= 11 is 0. The fourth-order valence-corrected chi connectivity index (χ4v) is 2.27. The van der Waals surface area contributed by atoms with E-state index >= 15 is 0 Å². The first-order valence-electron chi connectivity index (χ1n) is 5.90. The van der Waals surface area contributed by atoms with Gasteiger partial charge in [-0.1, -0.05) is 20.8 Å². The van der Waals surface area contributed by atoms with Crippen molar-refractivity contribution >= 4 is 11.0 Å². The normalized spacial score (nSPS) is 12.3. The molecule has 0 radical (unpaired) electrons. The molecule has 0 spiro atoms. The van der Waals surface area contributed by atoms with Crippen molar-refractivity contribution < 1.29 is 13.2 Å². The van der Waals surface area contributed by atoms with E-state index in [2.05, 4.69) is 5.32 Å². The van der Waals surface area contributed by atoms with Gasteiger partial charge in [0.1, 0.15) is 23.0 Å². The van der Waals surface area contributed by atoms with E-state index in [0.717, 1.165) is 11.6 Å². The maximum Gasteiger partial charge on any atom is 0.140 e. The second kappa shape index (κ2) is 4.35. The van der Waals surface area contributed by atoms with Crippen LogP contribution in [0.2, 0.25) is 0 Å². The number of benzene rings is 1. The Kier molecular flexibility index (Phi) is 3.15. The zero-order chi connectivity index (χ0) is 13.5. The molecule has 0 amide bonds. The van der Waals surface area contributed by atoms with Crippen LogP contribution in [-0.2, 0) is 12.0 Å². The third-order valence-electron chi connectivity index (χ3n) is 2.87. The van der Waals surface area contributed by atoms with Crippen molar-refractivity contribution in [2.24, 2.45) is 0 Å². The highest BCUT2D eigenvalue weighted by Crippen LogP contribution is 2.37. The van der Waals surface area contributed by atoms with Gasteiger partial charge in [-0.25, -0.2) is 8.78 Å². The number of fused-ring (bicyclic) bond motifs is 1. The van der Waals surface area contributed by atoms with Crippen LogP contribution in [0.3, 0.4) is 0 Å². The Labute approximate surface area is 105 Å². The highest BCUT2D eigenvalue weighted by Gasteiger charge is 2.27. The predicted octanol–water partition coefficient (Wildman–Crippen LogP) is 3.73. The lowest BCUT2D eigenvalue weighted by atomic mass is 9.84. The van der Waals surface area contributed by atoms with Gasteiger partial charge in [0.05, 0.1) is 11.9 Å². The summed E-state index contributed by atoms with van der Waals surface area (Å²) in [5, 5.41) is 3.37. The molecule has 0 unspecified atom stereocenters. The van der Waals surface area contributed by atoms with Crippen LogP contribution in [0.15, 0.2) is 16.5 Å². The number of halogens is 2. The van der Waals surface area contributed by atoms with Gasteiger partial charge in [-0.2, -0.15) is 0 Å². The van der Waals surface area contributed by atoms with Crippen molar-refractivity contribution in [3.63, 3.8) is 0 Å². The molecule has 1 aromatic heterocycles. The highest BCUT2D eigenvalue weighted by atomic mass is 19.1. The first-order chi connectivity index (χ1) is 8.34. The lowest BCUT2D eigenvalue weighted by Crippen LogP contribution is -2.16. The number of furan rings is 1. The molecular formula is C14H17F2NO. The minimum absolute atomic E-state index is 0.266. The Balaban J connectivity index is 2.81. The van der Waals surface area contributed by atoms with Crippen LogP contribution in [0.1, 0.15) is 32.1 Å². The molecule has 0 aliphatic heterocycles. The van der Waals surface area contributed by atoms with Crippen LogP contribution in [-0.4, -0.2) is 7.05 Å². The summed E-state index contributed by atoms with van der Waals surface area (Å²) in [6, 6.07) is 2.13. The number of nitrogens with one attached hydrogen (secondary N) is 1. The Morgan fingerprint density at radius 2 is 1.89 bits per heavy atom. The van der Waals surface area contributed by atoms with E-state index < -0.39 is 11.6 Å². The van der Waals surface area contributed by atoms with Gasteiger partial charge >= 0.3 is 0 Å². The highest BCUT2D eigenvalue weighted by molar-refractivity contribution is 5.84. The standard InChI is InChI=1S/C14H17F2NO/c1-14(2,3)13-11(7-17-4)18-10-6-8(15)5-9(16)12(10)13/h5-6,17H,7H2,1-4H3. The van der Waals surface area contributed by atoms with E-state index in [1.165, 1.54) is 6.07 Å². The van der Waals surface area contributed by atoms with Crippen LogP contribution < -0.4 is 5.32 Å². The smallest absolute Gasteiger partial charge is 0.140 e. The Morgan fingerprint density at radius 3 is 2.44 bits per heavy atom. The van der Waals surface area contributed by atoms with Crippen LogP contribution in [0, 0.1) is 11.6 Å². The molecule has 0 atom stereocenters. The molecule has 18 heavy (non-hydrogen) atoms. The molecule has 4 heteroatoms. The predicted molar refractivity (Wildman–Crippen MR) is 67.6 cm³/mol. The summed E-state index contributed by atoms with van der Waals surface area (Å²) in [6.45, 7) is 6.44. The fraction of sp³-hybridized carbons (Fsp3) is 0.429. The van der Waals surface area contributed by atoms with Crippen molar-refractivity contribution in [2.75, 3.05) is 7.05 Å². The summed E-state index contributed by atoms with van der Waals surface area (Å²) in [5.74, 6) is -0.532. The first kappa shape index (κ1) is 13.0. The second-order valence-electron chi connectivity index (χ2n) is 5.44. The largest absolute Gasteiger partial charge is 0.459 e. The summed E-state index contributed by atoms with van der Waals surface area (Å²) in [5.41, 5.74) is 0.794. The second-order valence-corrected chi connectivity index (χ2v) is 5.44. The molecule has 1 heterocycles. The van der Waals surface area contributed by atoms with E-state index in [1.54, 1.807) is 7.05 Å². The van der Waals surface area contributed by atoms with Gasteiger partial charge in [0, 0.05) is 17.7 Å². The van der Waals surface area contributed by atoms with Crippen molar-refractivity contribution in [3.8, 4) is 0 Å². The minimum Gasteiger partial charge on any atom is -0.459 e. The lowest BCUT2D eigenvalue weighted by Gasteiger charge is -2.19. The van der Waals surface area contributed by atoms with E-state index in [-0.39, 0.29) is 11.0 Å². The molecule has 0 saturated heterocycles. The number of rotatable bonds is 2. The average molecular weight is 253 g/mol. The molecule has 1 N–H and O–H groups in total. The van der Waals surface area contributed by atoms with Crippen LogP contribution in [0.5, 0.6) is 0 Å². The molecule has 0 aliphatic carbocycles. The molecule has 0 saturated carbocycles. The lowest BCUT2D eigenvalue weighted by molar-refractivity contribution is 0.494. The molecular weight excluding hydrogens is 236 g/mol. The summed E-state index contributed by atoms with van der Waals surface area (Å²) in [6.07, 6.45) is 0. The van der Waals surface area contributed by atoms with E-state index in [1.807, 2.05) is 20.8 Å². The van der Waals surface area contributed by atoms with Gasteiger partial charge in [-0.15, -0.1) is 0 Å². The van der Waals surface area contributed by atoms with Crippen molar-refractivity contribution in [3.05, 3.63) is 35.1 Å². The number of hydrogen-bond acceptors (Lipinski definition) is 2. The quantitative estimate of drug-likeness (QED) is 0.882. The van der Waals surface area contributed by atoms with Crippen molar-refractivity contribution in [2.45, 2.75) is 32.7 Å². The summed E-state index contributed by atoms with van der Waals surface area (Å²) < 4.78 is 32.8. The van der Waals surface area contributed by atoms with Gasteiger partial charge in [0.2, 0.25) is 0 Å². The monoisotopic (exact) mass is 253 g/mol. The van der Waals surface area contributed by atoms with Crippen molar-refractivity contribution in [1.82, 2.24) is 5.32 Å². The van der Waals surface area contributed by atoms with E-state index in [0.29, 0.717) is 17.7 Å². The van der Waals surface area contributed by atoms with Crippen LogP contribution in [0.4, 0.5) is 8.78 Å². The number of hydrogen-bond donors (Lipinski definition) is 1. The zero-order valence-electron chi connectivity index (χ0n) is 11.0. The maximum atomic E-state index is 14.0. The third kappa shape index (κ3) is 2.12. The van der Waals surface area contributed by atoms with Gasteiger partial charge < -0.3 is 9.73 Å². The molecule has 2 rings (SSSR count). The van der Waals surface area contributed by atoms with Gasteiger partial charge in [-0.3, -0.25) is 0 Å².